The fourth-order valence-corrected chi connectivity index (χ4v) is 4.65. The summed E-state index contributed by atoms with van der Waals surface area (Å²) < 4.78 is 5.39. The highest BCUT2D eigenvalue weighted by Gasteiger charge is 2.17. The zero-order valence-electron chi connectivity index (χ0n) is 19.1. The van der Waals surface area contributed by atoms with Gasteiger partial charge in [-0.05, 0) is 29.3 Å². The number of non-ortho nitro benzene ring substituents is 1. The highest BCUT2D eigenvalue weighted by atomic mass is 32.2. The van der Waals surface area contributed by atoms with Crippen LogP contribution in [0.4, 0.5) is 11.4 Å². The zero-order valence-corrected chi connectivity index (χ0v) is 19.9. The summed E-state index contributed by atoms with van der Waals surface area (Å²) in [6.07, 6.45) is 1.45. The molecule has 1 N–H and O–H groups in total. The summed E-state index contributed by atoms with van der Waals surface area (Å²) >= 11 is 1.82. The van der Waals surface area contributed by atoms with Crippen molar-refractivity contribution in [2.75, 3.05) is 31.2 Å². The van der Waals surface area contributed by atoms with Crippen LogP contribution in [0.25, 0.3) is 0 Å². The molecule has 9 heteroatoms. The van der Waals surface area contributed by atoms with Gasteiger partial charge < -0.3 is 9.64 Å². The van der Waals surface area contributed by atoms with Gasteiger partial charge in [0.2, 0.25) is 0 Å². The molecule has 0 aliphatic carbocycles. The first kappa shape index (κ1) is 24.4. The summed E-state index contributed by atoms with van der Waals surface area (Å²) in [4.78, 5) is 25.4. The van der Waals surface area contributed by atoms with Gasteiger partial charge in [0.1, 0.15) is 0 Å². The molecule has 0 atom stereocenters. The van der Waals surface area contributed by atoms with Crippen LogP contribution in [-0.4, -0.2) is 43.3 Å². The highest BCUT2D eigenvalue weighted by molar-refractivity contribution is 7.97. The maximum absolute atomic E-state index is 12.5. The summed E-state index contributed by atoms with van der Waals surface area (Å²) in [6.45, 7) is 2.54. The van der Waals surface area contributed by atoms with Crippen LogP contribution in [0, 0.1) is 10.1 Å². The lowest BCUT2D eigenvalue weighted by Gasteiger charge is -2.29. The van der Waals surface area contributed by atoms with Crippen LogP contribution < -0.4 is 10.3 Å². The molecular formula is C26H26N4O4S. The van der Waals surface area contributed by atoms with Gasteiger partial charge in [-0.1, -0.05) is 42.5 Å². The molecule has 35 heavy (non-hydrogen) atoms. The second-order valence-electron chi connectivity index (χ2n) is 7.97. The number of thioether (sulfide) groups is 1. The number of carbonyl (C=O) groups is 1. The second kappa shape index (κ2) is 12.1. The molecule has 1 fully saturated rings. The van der Waals surface area contributed by atoms with E-state index in [1.54, 1.807) is 18.2 Å². The highest BCUT2D eigenvalue weighted by Crippen LogP contribution is 2.25. The van der Waals surface area contributed by atoms with E-state index in [0.29, 0.717) is 37.4 Å². The van der Waals surface area contributed by atoms with E-state index >= 15 is 0 Å². The van der Waals surface area contributed by atoms with Crippen LogP contribution >= 0.6 is 11.8 Å². The van der Waals surface area contributed by atoms with Crippen molar-refractivity contribution in [3.05, 3.63) is 105 Å². The van der Waals surface area contributed by atoms with Gasteiger partial charge in [-0.25, -0.2) is 5.43 Å². The molecule has 0 saturated carbocycles. The Balaban J connectivity index is 1.36. The molecule has 3 aromatic carbocycles. The normalized spacial score (nSPS) is 13.7. The van der Waals surface area contributed by atoms with Crippen LogP contribution in [0.2, 0.25) is 0 Å². The van der Waals surface area contributed by atoms with E-state index in [9.17, 15) is 14.9 Å². The van der Waals surface area contributed by atoms with Gasteiger partial charge in [-0.2, -0.15) is 16.9 Å². The van der Waals surface area contributed by atoms with Gasteiger partial charge >= 0.3 is 0 Å². The molecule has 8 nitrogen and oxygen atoms in total. The largest absolute Gasteiger partial charge is 0.378 e. The number of hydrogen-bond acceptors (Lipinski definition) is 7. The van der Waals surface area contributed by atoms with Crippen molar-refractivity contribution in [3.8, 4) is 0 Å². The number of nitro benzene ring substituents is 1. The lowest BCUT2D eigenvalue weighted by atomic mass is 10.1. The van der Waals surface area contributed by atoms with Gasteiger partial charge in [0, 0.05) is 53.5 Å². The molecular weight excluding hydrogens is 464 g/mol. The minimum absolute atomic E-state index is 0.0319. The number of hydrazone groups is 1. The topological polar surface area (TPSA) is 97.1 Å². The van der Waals surface area contributed by atoms with Gasteiger partial charge in [0.25, 0.3) is 11.6 Å². The van der Waals surface area contributed by atoms with Gasteiger partial charge in [-0.3, -0.25) is 14.9 Å². The molecule has 1 heterocycles. The maximum Gasteiger partial charge on any atom is 0.271 e. The molecule has 0 bridgehead atoms. The van der Waals surface area contributed by atoms with Crippen molar-refractivity contribution in [3.63, 3.8) is 0 Å². The Kier molecular flexibility index (Phi) is 8.48. The molecule has 1 saturated heterocycles. The Hall–Kier alpha value is -3.69. The minimum Gasteiger partial charge on any atom is -0.378 e. The Morgan fingerprint density at radius 1 is 1.03 bits per heavy atom. The Morgan fingerprint density at radius 2 is 1.71 bits per heavy atom. The first-order chi connectivity index (χ1) is 17.1. The third-order valence-electron chi connectivity index (χ3n) is 5.54. The van der Waals surface area contributed by atoms with Crippen LogP contribution in [0.1, 0.15) is 27.0 Å². The second-order valence-corrected chi connectivity index (χ2v) is 8.96. The standard InChI is InChI=1S/C26H26N4O4S/c31-26(22-8-6-21(7-9-22)19-35-18-20-4-2-1-3-5-20)28-27-17-23-16-24(30(32)33)10-11-25(23)29-12-14-34-15-13-29/h1-11,16-17H,12-15,18-19H2,(H,28,31)/b27-17-. The molecule has 1 amide bonds. The molecule has 0 spiro atoms. The Bertz CT molecular complexity index is 1180. The number of ether oxygens (including phenoxy) is 1. The first-order valence-corrected chi connectivity index (χ1v) is 12.4. The monoisotopic (exact) mass is 490 g/mol. The number of anilines is 1. The van der Waals surface area contributed by atoms with Crippen molar-refractivity contribution in [1.29, 1.82) is 0 Å². The lowest BCUT2D eigenvalue weighted by Crippen LogP contribution is -2.36. The summed E-state index contributed by atoms with van der Waals surface area (Å²) in [6, 6.07) is 22.4. The molecule has 0 unspecified atom stereocenters. The number of benzene rings is 3. The van der Waals surface area contributed by atoms with Crippen LogP contribution in [0.15, 0.2) is 77.9 Å². The van der Waals surface area contributed by atoms with Crippen molar-refractivity contribution in [2.24, 2.45) is 5.10 Å². The predicted molar refractivity (Wildman–Crippen MR) is 139 cm³/mol. The number of amides is 1. The van der Waals surface area contributed by atoms with Crippen molar-refractivity contribution >= 4 is 35.3 Å². The van der Waals surface area contributed by atoms with E-state index in [-0.39, 0.29) is 11.6 Å². The third kappa shape index (κ3) is 6.91. The molecule has 4 rings (SSSR count). The summed E-state index contributed by atoms with van der Waals surface area (Å²) in [5.41, 5.74) is 6.78. The fourth-order valence-electron chi connectivity index (χ4n) is 3.69. The van der Waals surface area contributed by atoms with Gasteiger partial charge in [0.05, 0.1) is 24.4 Å². The molecule has 0 aromatic heterocycles. The summed E-state index contributed by atoms with van der Waals surface area (Å²) in [5, 5.41) is 15.3. The average molecular weight is 491 g/mol. The quantitative estimate of drug-likeness (QED) is 0.267. The Morgan fingerprint density at radius 3 is 2.40 bits per heavy atom. The number of rotatable bonds is 9. The van der Waals surface area contributed by atoms with Crippen LogP contribution in [-0.2, 0) is 16.2 Å². The van der Waals surface area contributed by atoms with Gasteiger partial charge in [-0.15, -0.1) is 0 Å². The number of nitrogens with zero attached hydrogens (tertiary/aromatic N) is 3. The van der Waals surface area contributed by atoms with E-state index in [1.165, 1.54) is 23.9 Å². The van der Waals surface area contributed by atoms with Crippen molar-refractivity contribution in [2.45, 2.75) is 11.5 Å². The van der Waals surface area contributed by atoms with E-state index < -0.39 is 4.92 Å². The molecule has 1 aliphatic rings. The SMILES string of the molecule is O=C(N/N=C\c1cc([N+](=O)[O-])ccc1N1CCOCC1)c1ccc(CSCc2ccccc2)cc1. The van der Waals surface area contributed by atoms with E-state index in [2.05, 4.69) is 27.6 Å². The lowest BCUT2D eigenvalue weighted by molar-refractivity contribution is -0.384. The van der Waals surface area contributed by atoms with Crippen molar-refractivity contribution in [1.82, 2.24) is 5.43 Å². The zero-order chi connectivity index (χ0) is 24.5. The number of morpholine rings is 1. The van der Waals surface area contributed by atoms with Crippen LogP contribution in [0.3, 0.4) is 0 Å². The maximum atomic E-state index is 12.5. The minimum atomic E-state index is -0.446. The van der Waals surface area contributed by atoms with Gasteiger partial charge in [0.15, 0.2) is 0 Å². The molecule has 1 aliphatic heterocycles. The summed E-state index contributed by atoms with van der Waals surface area (Å²) in [5.74, 6) is 1.44. The fraction of sp³-hybridized carbons (Fsp3) is 0.231. The number of carbonyl (C=O) groups excluding carboxylic acids is 1. The number of hydrogen-bond donors (Lipinski definition) is 1. The van der Waals surface area contributed by atoms with Crippen LogP contribution in [0.5, 0.6) is 0 Å². The molecule has 3 aromatic rings. The smallest absolute Gasteiger partial charge is 0.271 e. The van der Waals surface area contributed by atoms with E-state index in [0.717, 1.165) is 22.8 Å². The van der Waals surface area contributed by atoms with Crippen molar-refractivity contribution < 1.29 is 14.5 Å². The predicted octanol–water partition coefficient (Wildman–Crippen LogP) is 4.63. The summed E-state index contributed by atoms with van der Waals surface area (Å²) in [7, 11) is 0. The first-order valence-electron chi connectivity index (χ1n) is 11.3. The van der Waals surface area contributed by atoms with E-state index in [4.69, 9.17) is 4.74 Å². The number of nitro groups is 1. The van der Waals surface area contributed by atoms with E-state index in [1.807, 2.05) is 42.1 Å². The Labute approximate surface area is 208 Å². The molecule has 0 radical (unpaired) electrons. The molecule has 180 valence electrons. The number of nitrogens with one attached hydrogen (secondary N) is 1. The third-order valence-corrected chi connectivity index (χ3v) is 6.61. The average Bonchev–Trinajstić information content (AvgIpc) is 2.90.